The fourth-order valence-corrected chi connectivity index (χ4v) is 3.76. The first-order valence-electron chi connectivity index (χ1n) is 11.1. The minimum Gasteiger partial charge on any atom is -0.209 e. The van der Waals surface area contributed by atoms with Crippen molar-refractivity contribution in [2.24, 2.45) is 17.8 Å². The van der Waals surface area contributed by atoms with Crippen LogP contribution in [0, 0.1) is 17.8 Å². The van der Waals surface area contributed by atoms with E-state index in [0.717, 1.165) is 18.3 Å². The number of allylic oxidation sites excluding steroid dienone is 3. The average molecular weight is 347 g/mol. The zero-order valence-corrected chi connectivity index (χ0v) is 18.0. The fraction of sp³-hybridized carbons (Fsp3) is 0.792. The summed E-state index contributed by atoms with van der Waals surface area (Å²) in [5.74, 6) is 2.38. The lowest BCUT2D eigenvalue weighted by atomic mass is 10.00. The van der Waals surface area contributed by atoms with Gasteiger partial charge in [-0.25, -0.2) is 4.58 Å². The fourth-order valence-electron chi connectivity index (χ4n) is 3.76. The molecule has 0 heterocycles. The van der Waals surface area contributed by atoms with Crippen LogP contribution in [0.1, 0.15) is 98.8 Å². The van der Waals surface area contributed by atoms with E-state index in [1.165, 1.54) is 57.8 Å². The van der Waals surface area contributed by atoms with Gasteiger partial charge in [0, 0.05) is 6.42 Å². The average Bonchev–Trinajstić information content (AvgIpc) is 3.30. The Morgan fingerprint density at radius 3 is 2.36 bits per heavy atom. The number of rotatable bonds is 13. The molecule has 3 unspecified atom stereocenters. The monoisotopic (exact) mass is 346 g/mol. The van der Waals surface area contributed by atoms with Crippen LogP contribution in [0.25, 0.3) is 0 Å². The van der Waals surface area contributed by atoms with Crippen molar-refractivity contribution < 1.29 is 4.58 Å². The van der Waals surface area contributed by atoms with Gasteiger partial charge >= 0.3 is 0 Å². The van der Waals surface area contributed by atoms with Crippen molar-refractivity contribution in [1.29, 1.82) is 0 Å². The third kappa shape index (κ3) is 7.50. The van der Waals surface area contributed by atoms with Crippen molar-refractivity contribution in [3.63, 3.8) is 0 Å². The highest BCUT2D eigenvalue weighted by Crippen LogP contribution is 2.54. The van der Waals surface area contributed by atoms with Gasteiger partial charge in [-0.3, -0.25) is 0 Å². The first kappa shape index (κ1) is 22.2. The Labute approximate surface area is 158 Å². The number of nitrogens with zero attached hydrogens (tertiary/aromatic N) is 1. The van der Waals surface area contributed by atoms with E-state index in [9.17, 15) is 0 Å². The highest BCUT2D eigenvalue weighted by Gasteiger charge is 2.49. The van der Waals surface area contributed by atoms with E-state index in [1.54, 1.807) is 11.3 Å². The summed E-state index contributed by atoms with van der Waals surface area (Å²) in [6, 6.07) is 0. The molecule has 0 saturated heterocycles. The lowest BCUT2D eigenvalue weighted by Gasteiger charge is -2.07. The topological polar surface area (TPSA) is 3.01 Å². The number of hydrogen-bond donors (Lipinski definition) is 0. The Hall–Kier alpha value is -0.850. The van der Waals surface area contributed by atoms with Crippen LogP contribution >= 0.6 is 0 Å². The molecule has 0 aromatic heterocycles. The van der Waals surface area contributed by atoms with Gasteiger partial charge in [0.1, 0.15) is 13.3 Å². The summed E-state index contributed by atoms with van der Waals surface area (Å²) in [5, 5.41) is 0. The van der Waals surface area contributed by atoms with E-state index in [0.29, 0.717) is 5.92 Å². The van der Waals surface area contributed by atoms with E-state index in [2.05, 4.69) is 64.6 Å². The van der Waals surface area contributed by atoms with Gasteiger partial charge in [0.2, 0.25) is 0 Å². The third-order valence-electron chi connectivity index (χ3n) is 5.79. The molecule has 1 nitrogen and oxygen atoms in total. The van der Waals surface area contributed by atoms with Crippen molar-refractivity contribution in [2.45, 2.75) is 98.8 Å². The molecule has 0 aliphatic heterocycles. The van der Waals surface area contributed by atoms with Crippen LogP contribution in [0.5, 0.6) is 0 Å². The van der Waals surface area contributed by atoms with Gasteiger partial charge < -0.3 is 0 Å². The molecule has 1 aliphatic rings. The molecule has 0 radical (unpaired) electrons. The zero-order valence-electron chi connectivity index (χ0n) is 18.0. The number of unbranched alkanes of at least 4 members (excludes halogenated alkanes) is 4. The third-order valence-corrected chi connectivity index (χ3v) is 5.79. The van der Waals surface area contributed by atoms with Gasteiger partial charge in [0.05, 0.1) is 5.92 Å². The van der Waals surface area contributed by atoms with E-state index in [4.69, 9.17) is 0 Å². The van der Waals surface area contributed by atoms with Crippen LogP contribution < -0.4 is 0 Å². The Bertz CT molecular complexity index is 455. The standard InChI is InChI=1S/C24H44N/c1-7-11-13-16-21-22(18-17-20(5)10-4)24(21)23(15-9-3)25(6)19-14-12-8-2/h15-16,19-20,22,24H,7-14,17-18H2,1-6H3/q+1. The summed E-state index contributed by atoms with van der Waals surface area (Å²) < 4.78 is 2.45. The van der Waals surface area contributed by atoms with Gasteiger partial charge in [-0.1, -0.05) is 78.4 Å². The van der Waals surface area contributed by atoms with Gasteiger partial charge in [-0.15, -0.1) is 0 Å². The maximum absolute atomic E-state index is 2.58. The summed E-state index contributed by atoms with van der Waals surface area (Å²) in [5.41, 5.74) is 3.31. The Kier molecular flexibility index (Phi) is 11.1. The molecule has 1 rings (SSSR count). The molecule has 0 aromatic carbocycles. The van der Waals surface area contributed by atoms with Crippen LogP contribution in [-0.4, -0.2) is 17.8 Å². The predicted molar refractivity (Wildman–Crippen MR) is 113 cm³/mol. The van der Waals surface area contributed by atoms with Crippen LogP contribution in [0.4, 0.5) is 0 Å². The minimum absolute atomic E-state index is 0.698. The van der Waals surface area contributed by atoms with E-state index >= 15 is 0 Å². The van der Waals surface area contributed by atoms with Crippen LogP contribution in [-0.2, 0) is 0 Å². The Balaban J connectivity index is 2.86. The van der Waals surface area contributed by atoms with Crippen LogP contribution in [0.3, 0.4) is 0 Å². The zero-order chi connectivity index (χ0) is 18.7. The maximum Gasteiger partial charge on any atom is 0.184 e. The van der Waals surface area contributed by atoms with Gasteiger partial charge in [-0.2, -0.15) is 0 Å². The summed E-state index contributed by atoms with van der Waals surface area (Å²) in [6.07, 6.45) is 20.4. The van der Waals surface area contributed by atoms with Gasteiger partial charge in [0.15, 0.2) is 5.70 Å². The largest absolute Gasteiger partial charge is 0.209 e. The first-order chi connectivity index (χ1) is 12.1. The van der Waals surface area contributed by atoms with Crippen molar-refractivity contribution in [2.75, 3.05) is 7.05 Å². The van der Waals surface area contributed by atoms with Crippen molar-refractivity contribution in [3.8, 4) is 0 Å². The molecule has 3 atom stereocenters. The molecular formula is C24H44N+. The predicted octanol–water partition coefficient (Wildman–Crippen LogP) is 7.37. The van der Waals surface area contributed by atoms with E-state index < -0.39 is 0 Å². The second-order valence-electron chi connectivity index (χ2n) is 7.99. The molecule has 1 aliphatic carbocycles. The second kappa shape index (κ2) is 12.5. The molecule has 0 bridgehead atoms. The molecule has 1 fully saturated rings. The van der Waals surface area contributed by atoms with Gasteiger partial charge in [-0.05, 0) is 43.6 Å². The minimum atomic E-state index is 0.698. The number of hydrogen-bond acceptors (Lipinski definition) is 0. The highest BCUT2D eigenvalue weighted by atomic mass is 15.0. The van der Waals surface area contributed by atoms with Crippen molar-refractivity contribution in [1.82, 2.24) is 0 Å². The highest BCUT2D eigenvalue weighted by molar-refractivity contribution is 5.52. The molecule has 0 N–H and O–H groups in total. The molecule has 25 heavy (non-hydrogen) atoms. The van der Waals surface area contributed by atoms with Crippen molar-refractivity contribution >= 4 is 6.21 Å². The van der Waals surface area contributed by atoms with Crippen LogP contribution in [0.15, 0.2) is 23.4 Å². The Morgan fingerprint density at radius 1 is 1.08 bits per heavy atom. The van der Waals surface area contributed by atoms with Crippen LogP contribution in [0.2, 0.25) is 0 Å². The van der Waals surface area contributed by atoms with E-state index in [1.807, 2.05) is 0 Å². The second-order valence-corrected chi connectivity index (χ2v) is 7.99. The molecule has 0 aromatic rings. The molecule has 0 amide bonds. The molecule has 1 saturated carbocycles. The SMILES string of the molecule is CCC=C(C1C(=CCCCC)C1CCC(C)CC)[N+](C)=CCCCC. The molecule has 0 spiro atoms. The summed E-state index contributed by atoms with van der Waals surface area (Å²) >= 11 is 0. The van der Waals surface area contributed by atoms with E-state index in [-0.39, 0.29) is 0 Å². The van der Waals surface area contributed by atoms with Crippen molar-refractivity contribution in [3.05, 3.63) is 23.4 Å². The molecule has 1 heteroatoms. The molecule has 144 valence electrons. The first-order valence-corrected chi connectivity index (χ1v) is 11.1. The summed E-state index contributed by atoms with van der Waals surface area (Å²) in [4.78, 5) is 0. The normalized spacial score (nSPS) is 24.0. The lowest BCUT2D eigenvalue weighted by molar-refractivity contribution is -0.445. The molecular weight excluding hydrogens is 302 g/mol. The Morgan fingerprint density at radius 2 is 1.76 bits per heavy atom. The maximum atomic E-state index is 2.58. The summed E-state index contributed by atoms with van der Waals surface area (Å²) in [7, 11) is 2.27. The van der Waals surface area contributed by atoms with Gasteiger partial charge in [0.25, 0.3) is 0 Å². The smallest absolute Gasteiger partial charge is 0.184 e. The quantitative estimate of drug-likeness (QED) is 0.142. The summed E-state index contributed by atoms with van der Waals surface area (Å²) in [6.45, 7) is 11.6. The lowest BCUT2D eigenvalue weighted by Crippen LogP contribution is -2.10.